The first-order valence-corrected chi connectivity index (χ1v) is 12.9. The van der Waals surface area contributed by atoms with Crippen LogP contribution in [-0.2, 0) is 6.18 Å². The van der Waals surface area contributed by atoms with Gasteiger partial charge in [-0.05, 0) is 58.7 Å². The molecule has 0 heterocycles. The second kappa shape index (κ2) is 11.5. The highest BCUT2D eigenvalue weighted by molar-refractivity contribution is 6.29. The summed E-state index contributed by atoms with van der Waals surface area (Å²) in [7, 11) is 0. The van der Waals surface area contributed by atoms with Gasteiger partial charge in [-0.1, -0.05) is 24.3 Å². The van der Waals surface area contributed by atoms with Crippen LogP contribution in [0.15, 0.2) is 71.8 Å². The number of nitrogens with zero attached hydrogens (tertiary/aromatic N) is 6. The molecule has 2 aliphatic rings. The molecular formula is C34H10F6N6O. The quantitative estimate of drug-likeness (QED) is 0.209. The lowest BCUT2D eigenvalue weighted by Gasteiger charge is -2.13. The van der Waals surface area contributed by atoms with Gasteiger partial charge in [0.05, 0.1) is 16.7 Å². The second-order valence-electron chi connectivity index (χ2n) is 9.76. The van der Waals surface area contributed by atoms with Crippen LogP contribution in [0, 0.1) is 68.0 Å². The van der Waals surface area contributed by atoms with Crippen LogP contribution in [-0.4, -0.2) is 6.36 Å². The van der Waals surface area contributed by atoms with Gasteiger partial charge in [-0.2, -0.15) is 44.7 Å². The highest BCUT2D eigenvalue weighted by atomic mass is 19.4. The first-order valence-electron chi connectivity index (χ1n) is 12.9. The van der Waals surface area contributed by atoms with E-state index in [-0.39, 0.29) is 66.8 Å². The monoisotopic (exact) mass is 632 g/mol. The van der Waals surface area contributed by atoms with E-state index in [2.05, 4.69) is 4.74 Å². The molecule has 0 saturated carbocycles. The highest BCUT2D eigenvalue weighted by Crippen LogP contribution is 2.54. The molecule has 2 aliphatic carbocycles. The fraction of sp³-hybridized carbons (Fsp3) is 0.0588. The summed E-state index contributed by atoms with van der Waals surface area (Å²) in [5.41, 5.74) is -1.76. The zero-order chi connectivity index (χ0) is 34.3. The van der Waals surface area contributed by atoms with Gasteiger partial charge < -0.3 is 4.74 Å². The van der Waals surface area contributed by atoms with Gasteiger partial charge in [0.2, 0.25) is 0 Å². The number of fused-ring (bicyclic) bond motifs is 2. The van der Waals surface area contributed by atoms with Crippen molar-refractivity contribution in [2.45, 2.75) is 12.5 Å². The Morgan fingerprint density at radius 3 is 1.26 bits per heavy atom. The smallest absolute Gasteiger partial charge is 0.406 e. The van der Waals surface area contributed by atoms with Crippen molar-refractivity contribution >= 4 is 33.4 Å². The lowest BCUT2D eigenvalue weighted by molar-refractivity contribution is -0.274. The van der Waals surface area contributed by atoms with E-state index in [0.29, 0.717) is 0 Å². The number of halogens is 6. The molecule has 0 unspecified atom stereocenters. The van der Waals surface area contributed by atoms with E-state index in [1.165, 1.54) is 24.3 Å². The summed E-state index contributed by atoms with van der Waals surface area (Å²) < 4.78 is 82.0. The number of allylic oxidation sites excluding steroid dienone is 8. The number of benzene rings is 3. The van der Waals surface area contributed by atoms with Gasteiger partial charge in [-0.15, -0.1) is 13.2 Å². The van der Waals surface area contributed by atoms with Crippen LogP contribution in [0.5, 0.6) is 5.75 Å². The van der Waals surface area contributed by atoms with E-state index in [1.807, 2.05) is 12.1 Å². The SMILES string of the molecule is N#CC(C#N)=C1C(c2ccc(OC(F)(F)F)cc2)=C(C#N)c2cc3c(cc21)C(=C(C#N)C#N)C(c1ccc(C(F)(F)F)cc1)=C3C#N. The summed E-state index contributed by atoms with van der Waals surface area (Å²) in [5.74, 6) is -0.573. The lowest BCUT2D eigenvalue weighted by Crippen LogP contribution is -2.17. The van der Waals surface area contributed by atoms with Crippen molar-refractivity contribution in [2.75, 3.05) is 0 Å². The lowest BCUT2D eigenvalue weighted by atomic mass is 9.89. The van der Waals surface area contributed by atoms with Crippen molar-refractivity contribution in [1.82, 2.24) is 0 Å². The summed E-state index contributed by atoms with van der Waals surface area (Å²) in [6, 6.07) is 21.7. The predicted molar refractivity (Wildman–Crippen MR) is 152 cm³/mol. The summed E-state index contributed by atoms with van der Waals surface area (Å²) in [5, 5.41) is 59.9. The summed E-state index contributed by atoms with van der Waals surface area (Å²) in [4.78, 5) is 0. The minimum absolute atomic E-state index is 0.0135. The third-order valence-electron chi connectivity index (χ3n) is 7.28. The molecule has 0 atom stereocenters. The van der Waals surface area contributed by atoms with Crippen molar-refractivity contribution in [1.29, 1.82) is 31.6 Å². The van der Waals surface area contributed by atoms with E-state index in [0.717, 1.165) is 36.4 Å². The summed E-state index contributed by atoms with van der Waals surface area (Å²) in [6.45, 7) is 0. The number of ether oxygens (including phenoxy) is 1. The summed E-state index contributed by atoms with van der Waals surface area (Å²) >= 11 is 0. The highest BCUT2D eigenvalue weighted by Gasteiger charge is 2.38. The van der Waals surface area contributed by atoms with Crippen LogP contribution in [0.4, 0.5) is 26.3 Å². The van der Waals surface area contributed by atoms with E-state index in [1.54, 1.807) is 24.3 Å². The average Bonchev–Trinajstić information content (AvgIpc) is 3.52. The zero-order valence-corrected chi connectivity index (χ0v) is 23.1. The Morgan fingerprint density at radius 2 is 0.915 bits per heavy atom. The Kier molecular flexibility index (Phi) is 7.65. The molecule has 0 bridgehead atoms. The molecule has 13 heteroatoms. The first-order chi connectivity index (χ1) is 22.3. The third-order valence-corrected chi connectivity index (χ3v) is 7.28. The molecule has 5 rings (SSSR count). The van der Waals surface area contributed by atoms with Gasteiger partial charge in [-0.3, -0.25) is 0 Å². The Bertz CT molecular complexity index is 2250. The van der Waals surface area contributed by atoms with Crippen LogP contribution < -0.4 is 4.74 Å². The molecule has 224 valence electrons. The van der Waals surface area contributed by atoms with Gasteiger partial charge in [0.15, 0.2) is 0 Å². The molecule has 0 aliphatic heterocycles. The van der Waals surface area contributed by atoms with Gasteiger partial charge in [0.1, 0.15) is 53.3 Å². The van der Waals surface area contributed by atoms with Crippen molar-refractivity contribution in [2.24, 2.45) is 0 Å². The Hall–Kier alpha value is -7.06. The molecule has 0 radical (unpaired) electrons. The number of nitriles is 6. The molecule has 3 aromatic carbocycles. The van der Waals surface area contributed by atoms with Crippen LogP contribution in [0.25, 0.3) is 33.4 Å². The molecule has 0 N–H and O–H groups in total. The van der Waals surface area contributed by atoms with Gasteiger partial charge in [-0.25, -0.2) is 0 Å². The number of hydrogen-bond acceptors (Lipinski definition) is 7. The number of rotatable bonds is 3. The van der Waals surface area contributed by atoms with Crippen LogP contribution in [0.1, 0.15) is 38.9 Å². The van der Waals surface area contributed by atoms with Crippen molar-refractivity contribution in [3.63, 3.8) is 0 Å². The maximum absolute atomic E-state index is 13.3. The molecule has 3 aromatic rings. The molecule has 0 fully saturated rings. The van der Waals surface area contributed by atoms with Crippen molar-refractivity contribution < 1.29 is 31.1 Å². The molecule has 47 heavy (non-hydrogen) atoms. The van der Waals surface area contributed by atoms with E-state index in [4.69, 9.17) is 0 Å². The van der Waals surface area contributed by atoms with E-state index >= 15 is 0 Å². The number of hydrogen-bond donors (Lipinski definition) is 0. The van der Waals surface area contributed by atoms with Crippen LogP contribution in [0.2, 0.25) is 0 Å². The Balaban J connectivity index is 1.82. The minimum Gasteiger partial charge on any atom is -0.406 e. The van der Waals surface area contributed by atoms with Gasteiger partial charge in [0.25, 0.3) is 0 Å². The molecule has 0 amide bonds. The fourth-order valence-electron chi connectivity index (χ4n) is 5.47. The molecule has 0 spiro atoms. The Morgan fingerprint density at radius 1 is 0.532 bits per heavy atom. The minimum atomic E-state index is -4.98. The van der Waals surface area contributed by atoms with E-state index in [9.17, 15) is 57.9 Å². The fourth-order valence-corrected chi connectivity index (χ4v) is 5.47. The largest absolute Gasteiger partial charge is 0.573 e. The topological polar surface area (TPSA) is 152 Å². The third kappa shape index (κ3) is 5.32. The van der Waals surface area contributed by atoms with Crippen LogP contribution >= 0.6 is 0 Å². The average molecular weight is 632 g/mol. The normalized spacial score (nSPS) is 13.4. The zero-order valence-electron chi connectivity index (χ0n) is 23.1. The number of alkyl halides is 6. The standard InChI is InChI=1S/C34H10F6N6O/c35-33(36,37)21-5-1-17(2-6-21)29-27(15-45)23-9-24-26(10-25(23)31(29)19(11-41)12-42)32(20(13-43)14-44)30(28(24)16-46)18-3-7-22(8-4-18)47-34(38,39)40/h1-10H. The molecular weight excluding hydrogens is 622 g/mol. The maximum atomic E-state index is 13.3. The van der Waals surface area contributed by atoms with Crippen LogP contribution in [0.3, 0.4) is 0 Å². The molecule has 0 aromatic heterocycles. The van der Waals surface area contributed by atoms with E-state index < -0.39 is 35.0 Å². The maximum Gasteiger partial charge on any atom is 0.573 e. The molecule has 7 nitrogen and oxygen atoms in total. The van der Waals surface area contributed by atoms with Crippen molar-refractivity contribution in [3.8, 4) is 42.2 Å². The molecule has 0 saturated heterocycles. The van der Waals surface area contributed by atoms with Crippen molar-refractivity contribution in [3.05, 3.63) is 111 Å². The summed E-state index contributed by atoms with van der Waals surface area (Å²) in [6.07, 6.45) is -9.65. The predicted octanol–water partition coefficient (Wildman–Crippen LogP) is 8.10. The van der Waals surface area contributed by atoms with Gasteiger partial charge in [0, 0.05) is 33.4 Å². The first kappa shape index (κ1) is 31.4. The Labute approximate surface area is 261 Å². The van der Waals surface area contributed by atoms with Gasteiger partial charge >= 0.3 is 12.5 Å². The second-order valence-corrected chi connectivity index (χ2v) is 9.76.